The topological polar surface area (TPSA) is 26.3 Å². The van der Waals surface area contributed by atoms with E-state index < -0.39 is 5.41 Å². The van der Waals surface area contributed by atoms with Crippen LogP contribution in [0.5, 0.6) is 0 Å². The lowest BCUT2D eigenvalue weighted by Gasteiger charge is -2.31. The predicted molar refractivity (Wildman–Crippen MR) is 85.7 cm³/mol. The number of allylic oxidation sites excluding steroid dienone is 3. The Morgan fingerprint density at radius 1 is 1.35 bits per heavy atom. The van der Waals surface area contributed by atoms with Crippen LogP contribution < -0.4 is 0 Å². The minimum atomic E-state index is -0.542. The summed E-state index contributed by atoms with van der Waals surface area (Å²) in [5.41, 5.74) is 1.81. The number of alkyl halides is 1. The van der Waals surface area contributed by atoms with Crippen LogP contribution in [-0.4, -0.2) is 17.9 Å². The van der Waals surface area contributed by atoms with Gasteiger partial charge in [-0.25, -0.2) is 0 Å². The summed E-state index contributed by atoms with van der Waals surface area (Å²) in [6.45, 7) is 2.27. The van der Waals surface area contributed by atoms with E-state index in [1.807, 2.05) is 37.3 Å². The summed E-state index contributed by atoms with van der Waals surface area (Å²) in [5.74, 6) is -0.128. The van der Waals surface area contributed by atoms with Gasteiger partial charge < -0.3 is 4.74 Å². The van der Waals surface area contributed by atoms with Crippen molar-refractivity contribution in [3.8, 4) is 0 Å². The number of ether oxygens (including phenoxy) is 1. The third-order valence-corrected chi connectivity index (χ3v) is 3.98. The summed E-state index contributed by atoms with van der Waals surface area (Å²) >= 11 is 3.45. The molecule has 0 bridgehead atoms. The molecule has 0 saturated heterocycles. The Morgan fingerprint density at radius 2 is 2.10 bits per heavy atom. The molecular formula is C17H19BrO2. The van der Waals surface area contributed by atoms with Crippen molar-refractivity contribution in [2.45, 2.75) is 19.8 Å². The molecule has 1 unspecified atom stereocenters. The summed E-state index contributed by atoms with van der Waals surface area (Å²) in [6.07, 6.45) is 7.48. The first-order valence-corrected chi connectivity index (χ1v) is 8.01. The molecule has 1 aromatic carbocycles. The fraction of sp³-hybridized carbons (Fsp3) is 0.353. The molecule has 1 aromatic rings. The Labute approximate surface area is 128 Å². The summed E-state index contributed by atoms with van der Waals surface area (Å²) < 4.78 is 5.28. The van der Waals surface area contributed by atoms with Crippen molar-refractivity contribution < 1.29 is 9.53 Å². The van der Waals surface area contributed by atoms with Gasteiger partial charge in [0.15, 0.2) is 0 Å². The number of hydrogen-bond donors (Lipinski definition) is 0. The average molecular weight is 335 g/mol. The first-order chi connectivity index (χ1) is 9.72. The summed E-state index contributed by atoms with van der Waals surface area (Å²) in [5, 5.41) is 0.776. The molecule has 2 nitrogen and oxygen atoms in total. The Kier molecular flexibility index (Phi) is 5.18. The van der Waals surface area contributed by atoms with Crippen LogP contribution in [0.3, 0.4) is 0 Å². The predicted octanol–water partition coefficient (Wildman–Crippen LogP) is 4.36. The van der Waals surface area contributed by atoms with E-state index in [1.165, 1.54) is 11.1 Å². The maximum absolute atomic E-state index is 12.4. The zero-order valence-electron chi connectivity index (χ0n) is 11.6. The minimum absolute atomic E-state index is 0.128. The lowest BCUT2D eigenvalue weighted by molar-refractivity contribution is -0.152. The highest BCUT2D eigenvalue weighted by atomic mass is 79.9. The van der Waals surface area contributed by atoms with E-state index in [2.05, 4.69) is 34.1 Å². The standard InChI is InChI=1S/C17H19BrO2/c1-2-20-16(19)17(11-12-18)10-6-9-15(13-17)14-7-4-3-5-8-14/h3-10H,2,11-13H2,1H3. The van der Waals surface area contributed by atoms with Crippen molar-refractivity contribution in [2.24, 2.45) is 5.41 Å². The van der Waals surface area contributed by atoms with Crippen molar-refractivity contribution in [2.75, 3.05) is 11.9 Å². The van der Waals surface area contributed by atoms with E-state index in [1.54, 1.807) is 0 Å². The van der Waals surface area contributed by atoms with E-state index >= 15 is 0 Å². The van der Waals surface area contributed by atoms with Gasteiger partial charge in [-0.2, -0.15) is 0 Å². The first kappa shape index (κ1) is 15.0. The van der Waals surface area contributed by atoms with Gasteiger partial charge in [-0.1, -0.05) is 64.5 Å². The first-order valence-electron chi connectivity index (χ1n) is 6.89. The quantitative estimate of drug-likeness (QED) is 0.590. The molecule has 0 radical (unpaired) electrons. The van der Waals surface area contributed by atoms with Crippen LogP contribution in [0.4, 0.5) is 0 Å². The van der Waals surface area contributed by atoms with Gasteiger partial charge in [0.05, 0.1) is 12.0 Å². The number of hydrogen-bond acceptors (Lipinski definition) is 2. The highest BCUT2D eigenvalue weighted by Crippen LogP contribution is 2.40. The Hall–Kier alpha value is -1.35. The van der Waals surface area contributed by atoms with Gasteiger partial charge in [0.2, 0.25) is 0 Å². The molecule has 0 spiro atoms. The number of carbonyl (C=O) groups is 1. The van der Waals surface area contributed by atoms with Crippen LogP contribution in [0, 0.1) is 5.41 Å². The van der Waals surface area contributed by atoms with E-state index in [0.29, 0.717) is 13.0 Å². The smallest absolute Gasteiger partial charge is 0.316 e. The van der Waals surface area contributed by atoms with Gasteiger partial charge >= 0.3 is 5.97 Å². The van der Waals surface area contributed by atoms with Crippen molar-refractivity contribution in [1.82, 2.24) is 0 Å². The summed E-state index contributed by atoms with van der Waals surface area (Å²) in [4.78, 5) is 12.4. The highest BCUT2D eigenvalue weighted by molar-refractivity contribution is 9.09. The second kappa shape index (κ2) is 6.89. The second-order valence-electron chi connectivity index (χ2n) is 4.91. The van der Waals surface area contributed by atoms with Crippen LogP contribution in [0.15, 0.2) is 48.6 Å². The van der Waals surface area contributed by atoms with Crippen LogP contribution in [-0.2, 0) is 9.53 Å². The number of carbonyl (C=O) groups excluding carboxylic acids is 1. The van der Waals surface area contributed by atoms with Crippen LogP contribution >= 0.6 is 15.9 Å². The maximum Gasteiger partial charge on any atom is 0.316 e. The fourth-order valence-corrected chi connectivity index (χ4v) is 3.22. The maximum atomic E-state index is 12.4. The molecule has 1 aliphatic rings. The van der Waals surface area contributed by atoms with E-state index in [4.69, 9.17) is 4.74 Å². The van der Waals surface area contributed by atoms with Crippen LogP contribution in [0.2, 0.25) is 0 Å². The van der Waals surface area contributed by atoms with Crippen molar-refractivity contribution in [3.05, 3.63) is 54.1 Å². The molecule has 20 heavy (non-hydrogen) atoms. The molecular weight excluding hydrogens is 316 g/mol. The highest BCUT2D eigenvalue weighted by Gasteiger charge is 2.38. The summed E-state index contributed by atoms with van der Waals surface area (Å²) in [6, 6.07) is 10.2. The van der Waals surface area contributed by atoms with Crippen molar-refractivity contribution in [3.63, 3.8) is 0 Å². The largest absolute Gasteiger partial charge is 0.465 e. The molecule has 1 aliphatic carbocycles. The second-order valence-corrected chi connectivity index (χ2v) is 5.70. The van der Waals surface area contributed by atoms with Gasteiger partial charge in [-0.05, 0) is 30.9 Å². The lowest BCUT2D eigenvalue weighted by atomic mass is 9.75. The monoisotopic (exact) mass is 334 g/mol. The van der Waals surface area contributed by atoms with Crippen LogP contribution in [0.25, 0.3) is 5.57 Å². The van der Waals surface area contributed by atoms with E-state index in [9.17, 15) is 4.79 Å². The van der Waals surface area contributed by atoms with Gasteiger partial charge in [0.25, 0.3) is 0 Å². The number of halogens is 1. The third-order valence-electron chi connectivity index (χ3n) is 3.59. The van der Waals surface area contributed by atoms with E-state index in [0.717, 1.165) is 11.8 Å². The van der Waals surface area contributed by atoms with Crippen molar-refractivity contribution >= 4 is 27.5 Å². The van der Waals surface area contributed by atoms with Crippen molar-refractivity contribution in [1.29, 1.82) is 0 Å². The molecule has 0 amide bonds. The molecule has 3 heteroatoms. The van der Waals surface area contributed by atoms with Gasteiger partial charge in [-0.3, -0.25) is 4.79 Å². The molecule has 0 fully saturated rings. The lowest BCUT2D eigenvalue weighted by Crippen LogP contribution is -2.33. The minimum Gasteiger partial charge on any atom is -0.465 e. The normalized spacial score (nSPS) is 21.4. The average Bonchev–Trinajstić information content (AvgIpc) is 2.49. The van der Waals surface area contributed by atoms with Gasteiger partial charge in [0, 0.05) is 5.33 Å². The molecule has 2 rings (SSSR count). The summed E-state index contributed by atoms with van der Waals surface area (Å²) in [7, 11) is 0. The number of rotatable bonds is 5. The molecule has 0 aliphatic heterocycles. The molecule has 0 heterocycles. The number of benzene rings is 1. The van der Waals surface area contributed by atoms with E-state index in [-0.39, 0.29) is 5.97 Å². The fourth-order valence-electron chi connectivity index (χ4n) is 2.51. The van der Waals surface area contributed by atoms with Crippen LogP contribution in [0.1, 0.15) is 25.3 Å². The zero-order valence-corrected chi connectivity index (χ0v) is 13.2. The SMILES string of the molecule is CCOC(=O)C1(CCBr)C=CC=C(c2ccccc2)C1. The Bertz CT molecular complexity index is 519. The van der Waals surface area contributed by atoms with Gasteiger partial charge in [-0.15, -0.1) is 0 Å². The third kappa shape index (κ3) is 3.21. The Balaban J connectivity index is 2.27. The Morgan fingerprint density at radius 3 is 2.75 bits per heavy atom. The number of esters is 1. The molecule has 1 atom stereocenters. The molecule has 0 saturated carbocycles. The zero-order chi connectivity index (χ0) is 14.4. The van der Waals surface area contributed by atoms with Gasteiger partial charge in [0.1, 0.15) is 0 Å². The molecule has 106 valence electrons. The molecule has 0 N–H and O–H groups in total. The molecule has 0 aromatic heterocycles.